The lowest BCUT2D eigenvalue weighted by Crippen LogP contribution is -2.15. The average molecular weight is 243 g/mol. The molecule has 1 fully saturated rings. The largest absolute Gasteiger partial charge is 0.481 e. The second-order valence-corrected chi connectivity index (χ2v) is 5.53. The molecule has 1 saturated carbocycles. The number of aryl methyl sites for hydroxylation is 1. The van der Waals surface area contributed by atoms with E-state index in [1.54, 1.807) is 0 Å². The van der Waals surface area contributed by atoms with Crippen molar-refractivity contribution in [3.8, 4) is 0 Å². The summed E-state index contributed by atoms with van der Waals surface area (Å²) in [5.41, 5.74) is 2.48. The van der Waals surface area contributed by atoms with Gasteiger partial charge in [0.05, 0.1) is 6.42 Å². The van der Waals surface area contributed by atoms with Crippen molar-refractivity contribution in [1.29, 1.82) is 0 Å². The van der Waals surface area contributed by atoms with Gasteiger partial charge in [0.25, 0.3) is 0 Å². The average Bonchev–Trinajstić information content (AvgIpc) is 2.99. The Balaban J connectivity index is 1.94. The maximum Gasteiger partial charge on any atom is 0.303 e. The van der Waals surface area contributed by atoms with Crippen molar-refractivity contribution >= 4 is 16.9 Å². The Bertz CT molecular complexity index is 608. The van der Waals surface area contributed by atoms with E-state index in [0.717, 1.165) is 19.4 Å². The molecule has 0 radical (unpaired) electrons. The van der Waals surface area contributed by atoms with Crippen molar-refractivity contribution in [2.75, 3.05) is 0 Å². The van der Waals surface area contributed by atoms with Crippen molar-refractivity contribution in [2.24, 2.45) is 5.41 Å². The number of nitrogens with zero attached hydrogens (tertiary/aromatic N) is 1. The third kappa shape index (κ3) is 1.90. The third-order valence-corrected chi connectivity index (χ3v) is 3.98. The highest BCUT2D eigenvalue weighted by atomic mass is 16.4. The second kappa shape index (κ2) is 3.87. The van der Waals surface area contributed by atoms with Gasteiger partial charge in [0, 0.05) is 23.6 Å². The first kappa shape index (κ1) is 11.3. The number of aliphatic carboxylic acids is 1. The molecule has 0 aliphatic heterocycles. The van der Waals surface area contributed by atoms with E-state index in [9.17, 15) is 4.79 Å². The molecule has 94 valence electrons. The molecule has 0 bridgehead atoms. The fourth-order valence-corrected chi connectivity index (χ4v) is 2.81. The topological polar surface area (TPSA) is 42.2 Å². The van der Waals surface area contributed by atoms with Gasteiger partial charge in [-0.25, -0.2) is 0 Å². The highest BCUT2D eigenvalue weighted by Crippen LogP contribution is 2.50. The van der Waals surface area contributed by atoms with Gasteiger partial charge in [-0.1, -0.05) is 18.2 Å². The number of fused-ring (bicyclic) bond motifs is 1. The van der Waals surface area contributed by atoms with Gasteiger partial charge in [0.15, 0.2) is 0 Å². The zero-order valence-electron chi connectivity index (χ0n) is 10.5. The first-order valence-electron chi connectivity index (χ1n) is 6.36. The van der Waals surface area contributed by atoms with Crippen LogP contribution in [0.5, 0.6) is 0 Å². The molecule has 1 aliphatic carbocycles. The molecular formula is C15H17NO2. The van der Waals surface area contributed by atoms with Crippen LogP contribution in [0, 0.1) is 12.3 Å². The van der Waals surface area contributed by atoms with E-state index in [4.69, 9.17) is 5.11 Å². The molecule has 1 heterocycles. The lowest BCUT2D eigenvalue weighted by molar-refractivity contribution is -0.138. The molecule has 1 aromatic heterocycles. The molecule has 0 saturated heterocycles. The number of para-hydroxylation sites is 1. The van der Waals surface area contributed by atoms with Crippen LogP contribution in [0.1, 0.15) is 24.8 Å². The van der Waals surface area contributed by atoms with Crippen LogP contribution in [0.25, 0.3) is 10.9 Å². The highest BCUT2D eigenvalue weighted by Gasteiger charge is 2.44. The fraction of sp³-hybridized carbons (Fsp3) is 0.400. The summed E-state index contributed by atoms with van der Waals surface area (Å²) >= 11 is 0. The van der Waals surface area contributed by atoms with Gasteiger partial charge < -0.3 is 9.67 Å². The number of hydrogen-bond donors (Lipinski definition) is 1. The second-order valence-electron chi connectivity index (χ2n) is 5.53. The zero-order chi connectivity index (χ0) is 12.8. The van der Waals surface area contributed by atoms with Gasteiger partial charge >= 0.3 is 5.97 Å². The van der Waals surface area contributed by atoms with Crippen molar-refractivity contribution < 1.29 is 9.90 Å². The molecule has 3 heteroatoms. The summed E-state index contributed by atoms with van der Waals surface area (Å²) in [6.45, 7) is 2.93. The molecular weight excluding hydrogens is 226 g/mol. The van der Waals surface area contributed by atoms with Gasteiger partial charge in [0.1, 0.15) is 0 Å². The molecule has 0 amide bonds. The molecule has 1 aromatic carbocycles. The maximum absolute atomic E-state index is 10.9. The molecule has 3 rings (SSSR count). The van der Waals surface area contributed by atoms with Crippen LogP contribution in [0.4, 0.5) is 0 Å². The van der Waals surface area contributed by atoms with Crippen molar-refractivity contribution in [1.82, 2.24) is 4.57 Å². The van der Waals surface area contributed by atoms with Crippen LogP contribution in [-0.4, -0.2) is 15.6 Å². The van der Waals surface area contributed by atoms with E-state index < -0.39 is 5.97 Å². The monoisotopic (exact) mass is 243 g/mol. The van der Waals surface area contributed by atoms with E-state index in [0.29, 0.717) is 6.42 Å². The Kier molecular flexibility index (Phi) is 2.44. The van der Waals surface area contributed by atoms with Crippen LogP contribution >= 0.6 is 0 Å². The van der Waals surface area contributed by atoms with Gasteiger partial charge in [-0.15, -0.1) is 0 Å². The Morgan fingerprint density at radius 3 is 2.78 bits per heavy atom. The van der Waals surface area contributed by atoms with Crippen molar-refractivity contribution in [3.05, 3.63) is 36.0 Å². The molecule has 18 heavy (non-hydrogen) atoms. The standard InChI is InChI=1S/C15H17NO2/c1-11-9-16(13-5-3-2-4-12(11)13)10-15(6-7-15)8-14(17)18/h2-5,9H,6-8,10H2,1H3,(H,17,18). The number of carboxylic acids is 1. The van der Waals surface area contributed by atoms with Crippen LogP contribution in [0.3, 0.4) is 0 Å². The van der Waals surface area contributed by atoms with Crippen LogP contribution < -0.4 is 0 Å². The first-order chi connectivity index (χ1) is 8.60. The van der Waals surface area contributed by atoms with Gasteiger partial charge in [-0.2, -0.15) is 0 Å². The summed E-state index contributed by atoms with van der Waals surface area (Å²) in [7, 11) is 0. The molecule has 0 atom stereocenters. The normalized spacial score (nSPS) is 16.9. The number of carboxylic acid groups (broad SMARTS) is 1. The highest BCUT2D eigenvalue weighted by molar-refractivity contribution is 5.83. The van der Waals surface area contributed by atoms with E-state index in [2.05, 4.69) is 29.8 Å². The van der Waals surface area contributed by atoms with Crippen LogP contribution in [0.2, 0.25) is 0 Å². The number of aromatic nitrogens is 1. The Labute approximate surface area is 106 Å². The summed E-state index contributed by atoms with van der Waals surface area (Å²) in [4.78, 5) is 10.9. The molecule has 1 N–H and O–H groups in total. The van der Waals surface area contributed by atoms with Crippen molar-refractivity contribution in [3.63, 3.8) is 0 Å². The summed E-state index contributed by atoms with van der Waals surface area (Å²) < 4.78 is 2.22. The molecule has 0 spiro atoms. The Morgan fingerprint density at radius 2 is 2.11 bits per heavy atom. The minimum atomic E-state index is -0.680. The smallest absolute Gasteiger partial charge is 0.303 e. The lowest BCUT2D eigenvalue weighted by atomic mass is 10.0. The number of hydrogen-bond acceptors (Lipinski definition) is 1. The summed E-state index contributed by atoms with van der Waals surface area (Å²) in [6.07, 6.45) is 4.50. The summed E-state index contributed by atoms with van der Waals surface area (Å²) in [5.74, 6) is -0.680. The maximum atomic E-state index is 10.9. The Hall–Kier alpha value is -1.77. The molecule has 1 aliphatic rings. The number of benzene rings is 1. The predicted octanol–water partition coefficient (Wildman–Crippen LogP) is 3.20. The molecule has 0 unspecified atom stereocenters. The quantitative estimate of drug-likeness (QED) is 0.896. The van der Waals surface area contributed by atoms with Crippen LogP contribution in [0.15, 0.2) is 30.5 Å². The minimum absolute atomic E-state index is 0.0000642. The lowest BCUT2D eigenvalue weighted by Gasteiger charge is -2.14. The van der Waals surface area contributed by atoms with Gasteiger partial charge in [0.2, 0.25) is 0 Å². The summed E-state index contributed by atoms with van der Waals surface area (Å²) in [5, 5.41) is 10.2. The first-order valence-corrected chi connectivity index (χ1v) is 6.36. The van der Waals surface area contributed by atoms with Crippen LogP contribution in [-0.2, 0) is 11.3 Å². The zero-order valence-corrected chi connectivity index (χ0v) is 10.5. The number of rotatable bonds is 4. The minimum Gasteiger partial charge on any atom is -0.481 e. The molecule has 3 nitrogen and oxygen atoms in total. The fourth-order valence-electron chi connectivity index (χ4n) is 2.81. The summed E-state index contributed by atoms with van der Waals surface area (Å²) in [6, 6.07) is 8.32. The third-order valence-electron chi connectivity index (χ3n) is 3.98. The SMILES string of the molecule is Cc1cn(CC2(CC(=O)O)CC2)c2ccccc12. The predicted molar refractivity (Wildman–Crippen MR) is 70.6 cm³/mol. The molecule has 2 aromatic rings. The van der Waals surface area contributed by atoms with Crippen molar-refractivity contribution in [2.45, 2.75) is 32.7 Å². The van der Waals surface area contributed by atoms with E-state index >= 15 is 0 Å². The van der Waals surface area contributed by atoms with Gasteiger partial charge in [-0.05, 0) is 36.8 Å². The van der Waals surface area contributed by atoms with Gasteiger partial charge in [-0.3, -0.25) is 4.79 Å². The Morgan fingerprint density at radius 1 is 1.39 bits per heavy atom. The number of carbonyl (C=O) groups is 1. The van der Waals surface area contributed by atoms with E-state index in [-0.39, 0.29) is 5.41 Å². The van der Waals surface area contributed by atoms with E-state index in [1.807, 2.05) is 12.1 Å². The van der Waals surface area contributed by atoms with E-state index in [1.165, 1.54) is 16.5 Å².